The highest BCUT2D eigenvalue weighted by molar-refractivity contribution is 7.92. The van der Waals surface area contributed by atoms with Gasteiger partial charge in [-0.1, -0.05) is 29.3 Å². The Labute approximate surface area is 153 Å². The van der Waals surface area contributed by atoms with Crippen molar-refractivity contribution in [1.82, 2.24) is 10.4 Å². The standard InChI is InChI=1S/C14H14Cl2N4O4S/c1-24-14(21)11-5-8(6-18-11)25(22,23)7-12(20-17)19-10-4-2-3-9(15)13(10)16/h2-6,18H,7,17H2,1H3,(H,19,20). The number of benzene rings is 1. The van der Waals surface area contributed by atoms with E-state index in [1.165, 1.54) is 19.4 Å². The van der Waals surface area contributed by atoms with Crippen LogP contribution in [0, 0.1) is 0 Å². The first-order valence-electron chi connectivity index (χ1n) is 6.76. The van der Waals surface area contributed by atoms with E-state index in [2.05, 4.69) is 20.1 Å². The molecular formula is C14H14Cl2N4O4S. The number of nitrogens with zero attached hydrogens (tertiary/aromatic N) is 1. The smallest absolute Gasteiger partial charge is 0.354 e. The van der Waals surface area contributed by atoms with E-state index >= 15 is 0 Å². The summed E-state index contributed by atoms with van der Waals surface area (Å²) in [6.07, 6.45) is 1.18. The third kappa shape index (κ3) is 4.51. The first-order chi connectivity index (χ1) is 11.8. The first-order valence-corrected chi connectivity index (χ1v) is 9.17. The minimum absolute atomic E-state index is 0.0122. The van der Waals surface area contributed by atoms with Gasteiger partial charge in [0.15, 0.2) is 9.84 Å². The number of methoxy groups -OCH3 is 1. The summed E-state index contributed by atoms with van der Waals surface area (Å²) in [6, 6.07) is 5.92. The summed E-state index contributed by atoms with van der Waals surface area (Å²) in [7, 11) is -2.63. The average molecular weight is 405 g/mol. The van der Waals surface area contributed by atoms with Crippen LogP contribution >= 0.6 is 23.2 Å². The molecule has 0 fully saturated rings. The van der Waals surface area contributed by atoms with E-state index in [-0.39, 0.29) is 32.2 Å². The number of aliphatic imine (C=N–C) groups is 1. The van der Waals surface area contributed by atoms with Crippen molar-refractivity contribution in [3.8, 4) is 0 Å². The molecule has 1 heterocycles. The van der Waals surface area contributed by atoms with Crippen LogP contribution in [0.25, 0.3) is 0 Å². The number of aromatic amines is 1. The van der Waals surface area contributed by atoms with Crippen LogP contribution in [0.4, 0.5) is 5.69 Å². The van der Waals surface area contributed by atoms with E-state index in [1.807, 2.05) is 0 Å². The summed E-state index contributed by atoms with van der Waals surface area (Å²) >= 11 is 11.9. The van der Waals surface area contributed by atoms with Crippen LogP contribution in [0.3, 0.4) is 0 Å². The topological polar surface area (TPSA) is 127 Å². The summed E-state index contributed by atoms with van der Waals surface area (Å²) in [5.74, 6) is 4.10. The third-order valence-corrected chi connectivity index (χ3v) is 5.52. The highest BCUT2D eigenvalue weighted by Crippen LogP contribution is 2.31. The number of ether oxygens (including phenoxy) is 1. The number of sulfone groups is 1. The molecule has 4 N–H and O–H groups in total. The van der Waals surface area contributed by atoms with Crippen molar-refractivity contribution in [2.45, 2.75) is 4.90 Å². The van der Waals surface area contributed by atoms with Gasteiger partial charge in [-0.3, -0.25) is 0 Å². The van der Waals surface area contributed by atoms with Gasteiger partial charge < -0.3 is 15.1 Å². The summed E-state index contributed by atoms with van der Waals surface area (Å²) in [6.45, 7) is 0. The lowest BCUT2D eigenvalue weighted by atomic mass is 10.3. The van der Waals surface area contributed by atoms with Crippen molar-refractivity contribution in [3.63, 3.8) is 0 Å². The van der Waals surface area contributed by atoms with Crippen LogP contribution in [0.15, 0.2) is 40.4 Å². The van der Waals surface area contributed by atoms with Crippen molar-refractivity contribution < 1.29 is 17.9 Å². The van der Waals surface area contributed by atoms with Gasteiger partial charge in [0.2, 0.25) is 0 Å². The Balaban J connectivity index is 2.31. The van der Waals surface area contributed by atoms with Gasteiger partial charge in [-0.25, -0.2) is 24.0 Å². The summed E-state index contributed by atoms with van der Waals surface area (Å²) < 4.78 is 29.4. The average Bonchev–Trinajstić information content (AvgIpc) is 3.08. The fraction of sp³-hybridized carbons (Fsp3) is 0.143. The van der Waals surface area contributed by atoms with Crippen molar-refractivity contribution in [2.24, 2.45) is 10.8 Å². The monoisotopic (exact) mass is 404 g/mol. The van der Waals surface area contributed by atoms with E-state index in [4.69, 9.17) is 29.0 Å². The summed E-state index contributed by atoms with van der Waals surface area (Å²) in [5, 5.41) is 0.444. The lowest BCUT2D eigenvalue weighted by molar-refractivity contribution is 0.0594. The number of nitrogens with two attached hydrogens (primary N) is 1. The molecule has 0 aliphatic carbocycles. The Hall–Kier alpha value is -2.07. The Morgan fingerprint density at radius 1 is 1.40 bits per heavy atom. The molecule has 0 spiro atoms. The molecule has 0 aliphatic rings. The van der Waals surface area contributed by atoms with Gasteiger partial charge in [-0.15, -0.1) is 0 Å². The van der Waals surface area contributed by atoms with E-state index in [0.717, 1.165) is 0 Å². The maximum absolute atomic E-state index is 12.5. The second-order valence-corrected chi connectivity index (χ2v) is 7.55. The first kappa shape index (κ1) is 19.3. The van der Waals surface area contributed by atoms with Crippen LogP contribution in [0.1, 0.15) is 10.5 Å². The van der Waals surface area contributed by atoms with Gasteiger partial charge in [0.05, 0.1) is 27.7 Å². The number of hydrogen-bond acceptors (Lipinski definition) is 6. The van der Waals surface area contributed by atoms with E-state index in [0.29, 0.717) is 0 Å². The molecule has 0 atom stereocenters. The SMILES string of the molecule is COC(=O)c1cc(S(=O)(=O)CC(=Nc2cccc(Cl)c2Cl)NN)c[nH]1. The lowest BCUT2D eigenvalue weighted by Gasteiger charge is -2.07. The molecule has 1 aromatic heterocycles. The zero-order valence-corrected chi connectivity index (χ0v) is 15.2. The molecule has 0 bridgehead atoms. The molecule has 11 heteroatoms. The number of amidine groups is 1. The minimum atomic E-state index is -3.82. The van der Waals surface area contributed by atoms with Crippen molar-refractivity contribution in [1.29, 1.82) is 0 Å². The largest absolute Gasteiger partial charge is 0.464 e. The maximum atomic E-state index is 12.5. The molecule has 0 saturated carbocycles. The van der Waals surface area contributed by atoms with Gasteiger partial charge in [0.1, 0.15) is 17.3 Å². The molecule has 1 aromatic carbocycles. The fourth-order valence-electron chi connectivity index (χ4n) is 1.88. The van der Waals surface area contributed by atoms with Gasteiger partial charge in [-0.05, 0) is 18.2 Å². The predicted octanol–water partition coefficient (Wildman–Crippen LogP) is 2.08. The van der Waals surface area contributed by atoms with Crippen LogP contribution in [0.2, 0.25) is 10.0 Å². The molecule has 134 valence electrons. The number of aromatic nitrogens is 1. The zero-order valence-electron chi connectivity index (χ0n) is 12.9. The molecule has 2 rings (SSSR count). The van der Waals surface area contributed by atoms with Gasteiger partial charge in [-0.2, -0.15) is 0 Å². The number of nitrogens with one attached hydrogen (secondary N) is 2. The van der Waals surface area contributed by atoms with Crippen LogP contribution in [-0.4, -0.2) is 38.1 Å². The Morgan fingerprint density at radius 2 is 2.12 bits per heavy atom. The summed E-state index contributed by atoms with van der Waals surface area (Å²) in [4.78, 5) is 17.9. The molecule has 0 unspecified atom stereocenters. The number of halogens is 2. The molecule has 0 saturated heterocycles. The van der Waals surface area contributed by atoms with Gasteiger partial charge >= 0.3 is 5.97 Å². The molecule has 0 amide bonds. The molecule has 0 aliphatic heterocycles. The molecule has 0 radical (unpaired) electrons. The Bertz CT molecular complexity index is 925. The zero-order chi connectivity index (χ0) is 18.6. The van der Waals surface area contributed by atoms with E-state index < -0.39 is 21.6 Å². The second kappa shape index (κ2) is 7.87. The summed E-state index contributed by atoms with van der Waals surface area (Å²) in [5.41, 5.74) is 2.51. The highest BCUT2D eigenvalue weighted by atomic mass is 35.5. The number of H-pyrrole nitrogens is 1. The minimum Gasteiger partial charge on any atom is -0.464 e. The lowest BCUT2D eigenvalue weighted by Crippen LogP contribution is -2.35. The van der Waals surface area contributed by atoms with Gasteiger partial charge in [0.25, 0.3) is 0 Å². The van der Waals surface area contributed by atoms with E-state index in [1.54, 1.807) is 18.2 Å². The maximum Gasteiger partial charge on any atom is 0.354 e. The van der Waals surface area contributed by atoms with Crippen LogP contribution in [0.5, 0.6) is 0 Å². The number of carbonyl (C=O) groups is 1. The normalized spacial score (nSPS) is 12.1. The molecule has 2 aromatic rings. The van der Waals surface area contributed by atoms with Crippen molar-refractivity contribution >= 4 is 50.5 Å². The highest BCUT2D eigenvalue weighted by Gasteiger charge is 2.21. The fourth-order valence-corrected chi connectivity index (χ4v) is 3.42. The number of hydrogen-bond donors (Lipinski definition) is 3. The second-order valence-electron chi connectivity index (χ2n) is 4.78. The molecule has 25 heavy (non-hydrogen) atoms. The molecule has 8 nitrogen and oxygen atoms in total. The van der Waals surface area contributed by atoms with Gasteiger partial charge in [0, 0.05) is 6.20 Å². The Morgan fingerprint density at radius 3 is 2.76 bits per heavy atom. The number of hydrazine groups is 1. The third-order valence-electron chi connectivity index (χ3n) is 3.10. The van der Waals surface area contributed by atoms with Crippen LogP contribution < -0.4 is 11.3 Å². The predicted molar refractivity (Wildman–Crippen MR) is 95.1 cm³/mol. The quantitative estimate of drug-likeness (QED) is 0.230. The number of esters is 1. The van der Waals surface area contributed by atoms with E-state index in [9.17, 15) is 13.2 Å². The number of rotatable bonds is 5. The van der Waals surface area contributed by atoms with Crippen LogP contribution in [-0.2, 0) is 14.6 Å². The Kier molecular flexibility index (Phi) is 6.07. The van der Waals surface area contributed by atoms with Crippen molar-refractivity contribution in [2.75, 3.05) is 12.9 Å². The number of carbonyl (C=O) groups excluding carboxylic acids is 1. The molecular weight excluding hydrogens is 391 g/mol. The van der Waals surface area contributed by atoms with Crippen molar-refractivity contribution in [3.05, 3.63) is 46.2 Å².